The van der Waals surface area contributed by atoms with E-state index in [9.17, 15) is 22.8 Å². The molecule has 1 amide bonds. The number of benzene rings is 1. The Hall–Kier alpha value is -3.12. The standard InChI is InChI=1S/C20H29N5O6S/c1-6-7-10-25-17(21)16(18(26)22-20(25)28)24(4)19(27)13-8-9-14(31-5)15(11-13)32(29,30)23-12(2)3/h8-9,11-12,23H,6-7,10,21H2,1-5H3,(H,22,26,28). The first-order valence-corrected chi connectivity index (χ1v) is 11.5. The number of hydrogen-bond donors (Lipinski definition) is 3. The number of nitrogens with one attached hydrogen (secondary N) is 2. The average molecular weight is 468 g/mol. The summed E-state index contributed by atoms with van der Waals surface area (Å²) in [6.45, 7) is 5.54. The van der Waals surface area contributed by atoms with E-state index in [0.717, 1.165) is 11.3 Å². The summed E-state index contributed by atoms with van der Waals surface area (Å²) in [6, 6.07) is 3.52. The second-order valence-corrected chi connectivity index (χ2v) is 9.19. The van der Waals surface area contributed by atoms with Gasteiger partial charge in [0.15, 0.2) is 5.69 Å². The Morgan fingerprint density at radius 1 is 1.31 bits per heavy atom. The first-order valence-electron chi connectivity index (χ1n) is 10.1. The predicted molar refractivity (Wildman–Crippen MR) is 122 cm³/mol. The molecule has 4 N–H and O–H groups in total. The number of nitrogens with two attached hydrogens (primary N) is 1. The van der Waals surface area contributed by atoms with E-state index in [-0.39, 0.29) is 40.3 Å². The van der Waals surface area contributed by atoms with Crippen molar-refractivity contribution in [2.24, 2.45) is 0 Å². The summed E-state index contributed by atoms with van der Waals surface area (Å²) in [7, 11) is -1.33. The molecule has 176 valence electrons. The van der Waals surface area contributed by atoms with E-state index in [4.69, 9.17) is 10.5 Å². The van der Waals surface area contributed by atoms with Gasteiger partial charge in [-0.15, -0.1) is 0 Å². The van der Waals surface area contributed by atoms with Gasteiger partial charge in [-0.1, -0.05) is 13.3 Å². The number of carbonyl (C=O) groups excluding carboxylic acids is 1. The minimum absolute atomic E-state index is 0.0115. The SMILES string of the molecule is CCCCn1c(N)c(N(C)C(=O)c2ccc(OC)c(S(=O)(=O)NC(C)C)c2)c(=O)[nH]c1=O. The van der Waals surface area contributed by atoms with Gasteiger partial charge in [0.1, 0.15) is 16.5 Å². The second kappa shape index (κ2) is 10.0. The molecule has 0 aliphatic rings. The van der Waals surface area contributed by atoms with Crippen molar-refractivity contribution in [1.29, 1.82) is 0 Å². The molecule has 2 aromatic rings. The molecular formula is C20H29N5O6S. The highest BCUT2D eigenvalue weighted by molar-refractivity contribution is 7.89. The maximum atomic E-state index is 13.1. The highest BCUT2D eigenvalue weighted by Gasteiger charge is 2.26. The van der Waals surface area contributed by atoms with Crippen LogP contribution in [0.15, 0.2) is 32.7 Å². The van der Waals surface area contributed by atoms with Crippen molar-refractivity contribution in [3.63, 3.8) is 0 Å². The van der Waals surface area contributed by atoms with Gasteiger partial charge in [0.05, 0.1) is 7.11 Å². The van der Waals surface area contributed by atoms with Gasteiger partial charge >= 0.3 is 5.69 Å². The molecule has 0 bridgehead atoms. The lowest BCUT2D eigenvalue weighted by molar-refractivity contribution is 0.0992. The normalized spacial score (nSPS) is 11.6. The zero-order valence-electron chi connectivity index (χ0n) is 18.8. The summed E-state index contributed by atoms with van der Waals surface area (Å²) in [6.07, 6.45) is 1.44. The highest BCUT2D eigenvalue weighted by atomic mass is 32.2. The van der Waals surface area contributed by atoms with Crippen LogP contribution in [-0.4, -0.2) is 44.1 Å². The molecule has 0 saturated carbocycles. The lowest BCUT2D eigenvalue weighted by Crippen LogP contribution is -2.39. The number of methoxy groups -OCH3 is 1. The van der Waals surface area contributed by atoms with E-state index in [1.54, 1.807) is 13.8 Å². The summed E-state index contributed by atoms with van der Waals surface area (Å²) in [4.78, 5) is 40.7. The van der Waals surface area contributed by atoms with Crippen LogP contribution < -0.4 is 31.3 Å². The van der Waals surface area contributed by atoms with Gasteiger partial charge in [-0.05, 0) is 38.5 Å². The summed E-state index contributed by atoms with van der Waals surface area (Å²) in [5.74, 6) is -0.778. The van der Waals surface area contributed by atoms with Gasteiger partial charge in [0.2, 0.25) is 10.0 Å². The molecular weight excluding hydrogens is 438 g/mol. The maximum absolute atomic E-state index is 13.1. The fourth-order valence-corrected chi connectivity index (χ4v) is 4.57. The van der Waals surface area contributed by atoms with Crippen molar-refractivity contribution in [2.45, 2.75) is 51.1 Å². The monoisotopic (exact) mass is 467 g/mol. The first kappa shape index (κ1) is 25.1. The third-order valence-corrected chi connectivity index (χ3v) is 6.36. The number of rotatable bonds is 9. The number of hydrogen-bond acceptors (Lipinski definition) is 7. The molecule has 0 aliphatic heterocycles. The molecule has 0 saturated heterocycles. The van der Waals surface area contributed by atoms with Crippen LogP contribution >= 0.6 is 0 Å². The number of carbonyl (C=O) groups is 1. The largest absolute Gasteiger partial charge is 0.495 e. The molecule has 0 aliphatic carbocycles. The van der Waals surface area contributed by atoms with Crippen molar-refractivity contribution >= 4 is 27.4 Å². The predicted octanol–water partition coefficient (Wildman–Crippen LogP) is 0.891. The van der Waals surface area contributed by atoms with Crippen molar-refractivity contribution in [3.05, 3.63) is 44.6 Å². The summed E-state index contributed by atoms with van der Waals surface area (Å²) in [5, 5.41) is 0. The quantitative estimate of drug-likeness (QED) is 0.494. The van der Waals surface area contributed by atoms with Crippen LogP contribution in [0.2, 0.25) is 0 Å². The van der Waals surface area contributed by atoms with Crippen LogP contribution in [0.5, 0.6) is 5.75 Å². The molecule has 2 rings (SSSR count). The Bertz CT molecular complexity index is 1220. The van der Waals surface area contributed by atoms with E-state index in [1.807, 2.05) is 6.92 Å². The van der Waals surface area contributed by atoms with Crippen molar-refractivity contribution in [1.82, 2.24) is 14.3 Å². The van der Waals surface area contributed by atoms with Gasteiger partial charge in [0.25, 0.3) is 11.5 Å². The fraction of sp³-hybridized carbons (Fsp3) is 0.450. The number of amides is 1. The molecule has 11 nitrogen and oxygen atoms in total. The first-order chi connectivity index (χ1) is 14.9. The van der Waals surface area contributed by atoms with Crippen molar-refractivity contribution < 1.29 is 17.9 Å². The minimum Gasteiger partial charge on any atom is -0.495 e. The van der Waals surface area contributed by atoms with Gasteiger partial charge in [-0.2, -0.15) is 0 Å². The van der Waals surface area contributed by atoms with Crippen LogP contribution in [0.3, 0.4) is 0 Å². The second-order valence-electron chi connectivity index (χ2n) is 7.50. The zero-order valence-corrected chi connectivity index (χ0v) is 19.6. The number of aromatic amines is 1. The summed E-state index contributed by atoms with van der Waals surface area (Å²) < 4.78 is 34.2. The van der Waals surface area contributed by atoms with Gasteiger partial charge in [-0.3, -0.25) is 19.1 Å². The molecule has 1 heterocycles. The topological polar surface area (TPSA) is 157 Å². The number of aromatic nitrogens is 2. The van der Waals surface area contributed by atoms with Crippen LogP contribution in [0.4, 0.5) is 11.5 Å². The number of unbranched alkanes of at least 4 members (excludes halogenated alkanes) is 1. The number of nitrogen functional groups attached to an aromatic ring is 1. The highest BCUT2D eigenvalue weighted by Crippen LogP contribution is 2.27. The number of ether oxygens (including phenoxy) is 1. The Morgan fingerprint density at radius 3 is 2.53 bits per heavy atom. The molecule has 0 radical (unpaired) electrons. The summed E-state index contributed by atoms with van der Waals surface area (Å²) >= 11 is 0. The molecule has 0 unspecified atom stereocenters. The molecule has 0 fully saturated rings. The number of H-pyrrole nitrogens is 1. The van der Waals surface area contributed by atoms with Crippen LogP contribution in [0, 0.1) is 0 Å². The lowest BCUT2D eigenvalue weighted by atomic mass is 10.2. The van der Waals surface area contributed by atoms with Gasteiger partial charge in [-0.25, -0.2) is 17.9 Å². The Morgan fingerprint density at radius 2 is 1.97 bits per heavy atom. The number of anilines is 2. The zero-order chi connectivity index (χ0) is 24.2. The van der Waals surface area contributed by atoms with E-state index in [0.29, 0.717) is 6.42 Å². The van der Waals surface area contributed by atoms with E-state index in [2.05, 4.69) is 9.71 Å². The van der Waals surface area contributed by atoms with Crippen molar-refractivity contribution in [2.75, 3.05) is 24.8 Å². The van der Waals surface area contributed by atoms with E-state index >= 15 is 0 Å². The molecule has 0 atom stereocenters. The molecule has 1 aromatic carbocycles. The molecule has 12 heteroatoms. The Labute approximate surface area is 186 Å². The summed E-state index contributed by atoms with van der Waals surface area (Å²) in [5.41, 5.74) is 4.37. The minimum atomic E-state index is -3.97. The Balaban J connectivity index is 2.56. The van der Waals surface area contributed by atoms with Gasteiger partial charge in [0, 0.05) is 25.2 Å². The van der Waals surface area contributed by atoms with Crippen LogP contribution in [0.25, 0.3) is 0 Å². The third-order valence-electron chi connectivity index (χ3n) is 4.68. The average Bonchev–Trinajstić information content (AvgIpc) is 2.71. The number of sulfonamides is 1. The van der Waals surface area contributed by atoms with Crippen LogP contribution in [0.1, 0.15) is 44.0 Å². The third kappa shape index (κ3) is 5.19. The maximum Gasteiger partial charge on any atom is 0.330 e. The fourth-order valence-electron chi connectivity index (χ4n) is 3.13. The lowest BCUT2D eigenvalue weighted by Gasteiger charge is -2.21. The van der Waals surface area contributed by atoms with Gasteiger partial charge < -0.3 is 15.4 Å². The molecule has 1 aromatic heterocycles. The Kier molecular flexibility index (Phi) is 7.86. The van der Waals surface area contributed by atoms with Crippen molar-refractivity contribution in [3.8, 4) is 5.75 Å². The molecule has 0 spiro atoms. The smallest absolute Gasteiger partial charge is 0.330 e. The van der Waals surface area contributed by atoms with E-state index < -0.39 is 27.2 Å². The van der Waals surface area contributed by atoms with E-state index in [1.165, 1.54) is 36.9 Å². The van der Waals surface area contributed by atoms with Crippen LogP contribution in [-0.2, 0) is 16.6 Å². The number of nitrogens with zero attached hydrogens (tertiary/aromatic N) is 2. The molecule has 32 heavy (non-hydrogen) atoms.